The van der Waals surface area contributed by atoms with Gasteiger partial charge in [0.25, 0.3) is 0 Å². The molecule has 148 valence electrons. The van der Waals surface area contributed by atoms with Gasteiger partial charge in [0.05, 0.1) is 0 Å². The minimum absolute atomic E-state index is 0.360. The fourth-order valence-electron chi connectivity index (χ4n) is 3.68. The van der Waals surface area contributed by atoms with E-state index in [0.29, 0.717) is 5.41 Å². The Morgan fingerprint density at radius 3 is 2.40 bits per heavy atom. The first-order valence-electron chi connectivity index (χ1n) is 10.5. The van der Waals surface area contributed by atoms with Gasteiger partial charge in [-0.1, -0.05) is 26.7 Å². The molecule has 2 N–H and O–H groups in total. The Kier molecular flexibility index (Phi) is 11.9. The molecule has 0 radical (unpaired) electrons. The SMILES string of the molecule is CCNC(=NCC1(CCOCC)CCCC1)NCCCN(CC)CC. The van der Waals surface area contributed by atoms with Crippen LogP contribution < -0.4 is 10.6 Å². The molecule has 1 fully saturated rings. The zero-order valence-corrected chi connectivity index (χ0v) is 17.2. The fraction of sp³-hybridized carbons (Fsp3) is 0.950. The smallest absolute Gasteiger partial charge is 0.191 e. The maximum absolute atomic E-state index is 5.61. The van der Waals surface area contributed by atoms with Crippen molar-refractivity contribution in [1.29, 1.82) is 0 Å². The zero-order valence-electron chi connectivity index (χ0n) is 17.2. The lowest BCUT2D eigenvalue weighted by Gasteiger charge is -2.27. The number of nitrogens with zero attached hydrogens (tertiary/aromatic N) is 2. The fourth-order valence-corrected chi connectivity index (χ4v) is 3.68. The lowest BCUT2D eigenvalue weighted by atomic mass is 9.83. The summed E-state index contributed by atoms with van der Waals surface area (Å²) in [6, 6.07) is 0. The molecule has 0 aliphatic heterocycles. The minimum atomic E-state index is 0.360. The monoisotopic (exact) mass is 354 g/mol. The van der Waals surface area contributed by atoms with E-state index >= 15 is 0 Å². The van der Waals surface area contributed by atoms with Crippen LogP contribution in [0.15, 0.2) is 4.99 Å². The highest BCUT2D eigenvalue weighted by atomic mass is 16.5. The third-order valence-electron chi connectivity index (χ3n) is 5.40. The Labute approximate surface area is 156 Å². The molecule has 0 saturated heterocycles. The van der Waals surface area contributed by atoms with Gasteiger partial charge >= 0.3 is 0 Å². The number of hydrogen-bond donors (Lipinski definition) is 2. The summed E-state index contributed by atoms with van der Waals surface area (Å²) in [7, 11) is 0. The zero-order chi connectivity index (χ0) is 18.4. The second-order valence-electron chi connectivity index (χ2n) is 7.16. The Bertz CT molecular complexity index is 350. The topological polar surface area (TPSA) is 48.9 Å². The summed E-state index contributed by atoms with van der Waals surface area (Å²) < 4.78 is 5.61. The molecule has 0 aromatic rings. The summed E-state index contributed by atoms with van der Waals surface area (Å²) in [4.78, 5) is 7.39. The van der Waals surface area contributed by atoms with Crippen molar-refractivity contribution in [3.63, 3.8) is 0 Å². The van der Waals surface area contributed by atoms with Crippen molar-refractivity contribution >= 4 is 5.96 Å². The summed E-state index contributed by atoms with van der Waals surface area (Å²) in [5.74, 6) is 0.977. The predicted octanol–water partition coefficient (Wildman–Crippen LogP) is 3.26. The largest absolute Gasteiger partial charge is 0.382 e. The lowest BCUT2D eigenvalue weighted by molar-refractivity contribution is 0.107. The van der Waals surface area contributed by atoms with Crippen molar-refractivity contribution in [2.75, 3.05) is 52.5 Å². The molecule has 0 unspecified atom stereocenters. The molecule has 0 atom stereocenters. The van der Waals surface area contributed by atoms with Gasteiger partial charge in [-0.15, -0.1) is 0 Å². The molecule has 25 heavy (non-hydrogen) atoms. The van der Waals surface area contributed by atoms with Crippen molar-refractivity contribution in [3.8, 4) is 0 Å². The highest BCUT2D eigenvalue weighted by Gasteiger charge is 2.33. The number of ether oxygens (including phenoxy) is 1. The highest BCUT2D eigenvalue weighted by molar-refractivity contribution is 5.79. The van der Waals surface area contributed by atoms with E-state index in [1.165, 1.54) is 25.7 Å². The maximum Gasteiger partial charge on any atom is 0.191 e. The Morgan fingerprint density at radius 2 is 1.80 bits per heavy atom. The van der Waals surface area contributed by atoms with E-state index < -0.39 is 0 Å². The number of hydrogen-bond acceptors (Lipinski definition) is 3. The molecular weight excluding hydrogens is 312 g/mol. The van der Waals surface area contributed by atoms with Crippen LogP contribution in [0.1, 0.15) is 66.2 Å². The summed E-state index contributed by atoms with van der Waals surface area (Å²) >= 11 is 0. The van der Waals surface area contributed by atoms with Crippen LogP contribution in [-0.2, 0) is 4.74 Å². The number of guanidine groups is 1. The van der Waals surface area contributed by atoms with E-state index in [0.717, 1.165) is 71.3 Å². The summed E-state index contributed by atoms with van der Waals surface area (Å²) in [5, 5.41) is 6.91. The van der Waals surface area contributed by atoms with Crippen molar-refractivity contribution in [3.05, 3.63) is 0 Å². The average Bonchev–Trinajstić information content (AvgIpc) is 3.09. The first kappa shape index (κ1) is 22.2. The van der Waals surface area contributed by atoms with Gasteiger partial charge in [0.2, 0.25) is 0 Å². The minimum Gasteiger partial charge on any atom is -0.382 e. The normalized spacial score (nSPS) is 17.2. The van der Waals surface area contributed by atoms with E-state index in [4.69, 9.17) is 9.73 Å². The van der Waals surface area contributed by atoms with E-state index in [1.807, 2.05) is 0 Å². The van der Waals surface area contributed by atoms with Gasteiger partial charge in [-0.05, 0) is 64.6 Å². The Hall–Kier alpha value is -0.810. The Morgan fingerprint density at radius 1 is 1.08 bits per heavy atom. The van der Waals surface area contributed by atoms with Gasteiger partial charge in [0.15, 0.2) is 5.96 Å². The van der Waals surface area contributed by atoms with Crippen LogP contribution in [0.25, 0.3) is 0 Å². The molecule has 5 heteroatoms. The van der Waals surface area contributed by atoms with Crippen molar-refractivity contribution in [1.82, 2.24) is 15.5 Å². The molecule has 0 aromatic heterocycles. The molecule has 0 spiro atoms. The van der Waals surface area contributed by atoms with Crippen LogP contribution in [-0.4, -0.2) is 63.3 Å². The number of aliphatic imine (C=N–C) groups is 1. The second-order valence-corrected chi connectivity index (χ2v) is 7.16. The molecular formula is C20H42N4O. The third kappa shape index (κ3) is 8.91. The van der Waals surface area contributed by atoms with Crippen molar-refractivity contribution in [2.24, 2.45) is 10.4 Å². The summed E-state index contributed by atoms with van der Waals surface area (Å²) in [6.45, 7) is 16.6. The van der Waals surface area contributed by atoms with Gasteiger partial charge in [0.1, 0.15) is 0 Å². The summed E-state index contributed by atoms with van der Waals surface area (Å²) in [6.07, 6.45) is 7.58. The maximum atomic E-state index is 5.61. The first-order valence-corrected chi connectivity index (χ1v) is 10.5. The standard InChI is InChI=1S/C20H42N4O/c1-5-21-19(22-15-11-16-24(6-2)7-3)23-18-20(12-9-10-13-20)14-17-25-8-4/h5-18H2,1-4H3,(H2,21,22,23). The Balaban J connectivity index is 2.46. The molecule has 1 saturated carbocycles. The second kappa shape index (κ2) is 13.4. The van der Waals surface area contributed by atoms with Crippen LogP contribution in [0.5, 0.6) is 0 Å². The van der Waals surface area contributed by atoms with E-state index in [9.17, 15) is 0 Å². The van der Waals surface area contributed by atoms with Crippen LogP contribution >= 0.6 is 0 Å². The highest BCUT2D eigenvalue weighted by Crippen LogP contribution is 2.41. The van der Waals surface area contributed by atoms with Gasteiger partial charge in [-0.3, -0.25) is 4.99 Å². The number of rotatable bonds is 13. The average molecular weight is 355 g/mol. The predicted molar refractivity (Wildman–Crippen MR) is 108 cm³/mol. The molecule has 1 rings (SSSR count). The van der Waals surface area contributed by atoms with E-state index in [-0.39, 0.29) is 0 Å². The van der Waals surface area contributed by atoms with Crippen molar-refractivity contribution in [2.45, 2.75) is 66.2 Å². The molecule has 1 aliphatic carbocycles. The molecule has 0 heterocycles. The van der Waals surface area contributed by atoms with E-state index in [2.05, 4.69) is 43.2 Å². The lowest BCUT2D eigenvalue weighted by Crippen LogP contribution is -2.39. The first-order chi connectivity index (χ1) is 12.2. The molecule has 1 aliphatic rings. The quantitative estimate of drug-likeness (QED) is 0.303. The van der Waals surface area contributed by atoms with Gasteiger partial charge < -0.3 is 20.3 Å². The third-order valence-corrected chi connectivity index (χ3v) is 5.40. The van der Waals surface area contributed by atoms with Gasteiger partial charge in [0, 0.05) is 32.8 Å². The molecule has 0 aromatic carbocycles. The van der Waals surface area contributed by atoms with Crippen LogP contribution in [0.4, 0.5) is 0 Å². The number of nitrogens with one attached hydrogen (secondary N) is 2. The van der Waals surface area contributed by atoms with Crippen molar-refractivity contribution < 1.29 is 4.74 Å². The van der Waals surface area contributed by atoms with E-state index in [1.54, 1.807) is 0 Å². The molecule has 0 bridgehead atoms. The van der Waals surface area contributed by atoms with Gasteiger partial charge in [-0.2, -0.15) is 0 Å². The van der Waals surface area contributed by atoms with Crippen LogP contribution in [0.3, 0.4) is 0 Å². The van der Waals surface area contributed by atoms with Gasteiger partial charge in [-0.25, -0.2) is 0 Å². The summed E-state index contributed by atoms with van der Waals surface area (Å²) in [5.41, 5.74) is 0.360. The van der Waals surface area contributed by atoms with Crippen LogP contribution in [0.2, 0.25) is 0 Å². The van der Waals surface area contributed by atoms with Crippen LogP contribution in [0, 0.1) is 5.41 Å². The molecule has 0 amide bonds. The molecule has 5 nitrogen and oxygen atoms in total.